The summed E-state index contributed by atoms with van der Waals surface area (Å²) in [6, 6.07) is 0.857. The number of halogens is 3. The van der Waals surface area contributed by atoms with E-state index in [0.717, 1.165) is 6.07 Å². The predicted octanol–water partition coefficient (Wildman–Crippen LogP) is 1.82. The highest BCUT2D eigenvalue weighted by atomic mass is 19.4. The molecule has 1 aromatic rings. The third-order valence-electron chi connectivity index (χ3n) is 5.93. The van der Waals surface area contributed by atoms with Gasteiger partial charge in [-0.05, 0) is 31.6 Å². The number of rotatable bonds is 7. The average Bonchev–Trinajstić information content (AvgIpc) is 2.78. The summed E-state index contributed by atoms with van der Waals surface area (Å²) in [5, 5.41) is 10.1. The fourth-order valence-corrected chi connectivity index (χ4v) is 3.95. The molecule has 32 heavy (non-hydrogen) atoms. The molecule has 1 aliphatic heterocycles. The van der Waals surface area contributed by atoms with Gasteiger partial charge in [0.25, 0.3) is 0 Å². The van der Waals surface area contributed by atoms with Crippen molar-refractivity contribution in [1.29, 1.82) is 0 Å². The van der Waals surface area contributed by atoms with Crippen molar-refractivity contribution in [3.05, 3.63) is 11.8 Å². The van der Waals surface area contributed by atoms with Gasteiger partial charge in [0, 0.05) is 19.2 Å². The van der Waals surface area contributed by atoms with E-state index >= 15 is 0 Å². The lowest BCUT2D eigenvalue weighted by Gasteiger charge is -2.38. The summed E-state index contributed by atoms with van der Waals surface area (Å²) < 4.78 is 45.3. The summed E-state index contributed by atoms with van der Waals surface area (Å²) in [7, 11) is 0. The minimum Gasteiger partial charge on any atom is -0.378 e. The van der Waals surface area contributed by atoms with Gasteiger partial charge in [-0.15, -0.1) is 0 Å². The molecule has 1 aliphatic carbocycles. The summed E-state index contributed by atoms with van der Waals surface area (Å²) in [6.45, 7) is 3.29. The second-order valence-electron chi connectivity index (χ2n) is 8.28. The summed E-state index contributed by atoms with van der Waals surface area (Å²) in [4.78, 5) is 33.1. The molecule has 0 unspecified atom stereocenters. The van der Waals surface area contributed by atoms with E-state index in [1.54, 1.807) is 4.90 Å². The number of ether oxygens (including phenoxy) is 1. The Hall–Kier alpha value is -2.67. The fraction of sp³-hybridized carbons (Fsp3) is 0.684. The van der Waals surface area contributed by atoms with Gasteiger partial charge in [0.2, 0.25) is 18.3 Å². The molecule has 2 fully saturated rings. The van der Waals surface area contributed by atoms with Crippen LogP contribution in [0.2, 0.25) is 0 Å². The molecule has 0 radical (unpaired) electrons. The van der Waals surface area contributed by atoms with Crippen LogP contribution in [0.1, 0.15) is 38.3 Å². The van der Waals surface area contributed by atoms with Gasteiger partial charge in [-0.2, -0.15) is 18.2 Å². The highest BCUT2D eigenvalue weighted by molar-refractivity contribution is 5.84. The molecule has 1 aromatic heterocycles. The van der Waals surface area contributed by atoms with E-state index in [-0.39, 0.29) is 18.8 Å². The lowest BCUT2D eigenvalue weighted by molar-refractivity contribution is -0.163. The van der Waals surface area contributed by atoms with E-state index in [4.69, 9.17) is 4.74 Å². The second-order valence-corrected chi connectivity index (χ2v) is 8.28. The zero-order valence-electron chi connectivity index (χ0n) is 17.7. The number of nitrogens with zero attached hydrogens (tertiary/aromatic N) is 4. The normalized spacial score (nSPS) is 24.0. The van der Waals surface area contributed by atoms with Crippen molar-refractivity contribution in [3.63, 3.8) is 0 Å². The molecule has 1 saturated heterocycles. The van der Waals surface area contributed by atoms with Crippen molar-refractivity contribution in [3.8, 4) is 0 Å². The Labute approximate surface area is 183 Å². The average molecular weight is 460 g/mol. The summed E-state index contributed by atoms with van der Waals surface area (Å²) in [5.41, 5.74) is 2.55. The number of morpholine rings is 1. The highest BCUT2D eigenvalue weighted by Crippen LogP contribution is 2.39. The Kier molecular flexibility index (Phi) is 7.39. The van der Waals surface area contributed by atoms with Gasteiger partial charge in [0.1, 0.15) is 5.82 Å². The maximum atomic E-state index is 13.4. The van der Waals surface area contributed by atoms with Crippen LogP contribution in [-0.4, -0.2) is 65.4 Å². The molecule has 0 bridgehead atoms. The molecule has 1 saturated carbocycles. The molecule has 2 heterocycles. The molecule has 2 aliphatic rings. The van der Waals surface area contributed by atoms with Crippen LogP contribution in [0.25, 0.3) is 0 Å². The monoisotopic (exact) mass is 460 g/mol. The first-order valence-corrected chi connectivity index (χ1v) is 10.4. The van der Waals surface area contributed by atoms with E-state index < -0.39 is 29.1 Å². The van der Waals surface area contributed by atoms with Gasteiger partial charge in [0.15, 0.2) is 5.69 Å². The number of nitrogens with one attached hydrogen (secondary N) is 2. The number of hydrogen-bond donors (Lipinski definition) is 3. The van der Waals surface area contributed by atoms with E-state index in [9.17, 15) is 28.0 Å². The van der Waals surface area contributed by atoms with Crippen LogP contribution in [0, 0.1) is 11.3 Å². The molecule has 10 nitrogen and oxygen atoms in total. The van der Waals surface area contributed by atoms with Crippen molar-refractivity contribution in [2.75, 3.05) is 43.2 Å². The first kappa shape index (κ1) is 24.0. The maximum Gasteiger partial charge on any atom is 0.433 e. The number of alkyl halides is 3. The molecule has 13 heteroatoms. The van der Waals surface area contributed by atoms with Crippen molar-refractivity contribution < 1.29 is 32.7 Å². The third-order valence-corrected chi connectivity index (χ3v) is 5.93. The predicted molar refractivity (Wildman–Crippen MR) is 106 cm³/mol. The third kappa shape index (κ3) is 5.76. The number of amides is 2. The fourth-order valence-electron chi connectivity index (χ4n) is 3.95. The van der Waals surface area contributed by atoms with E-state index in [2.05, 4.69) is 20.8 Å². The summed E-state index contributed by atoms with van der Waals surface area (Å²) in [6.07, 6.45) is -2.25. The number of anilines is 2. The molecule has 178 valence electrons. The molecule has 0 atom stereocenters. The van der Waals surface area contributed by atoms with Crippen LogP contribution in [0.5, 0.6) is 0 Å². The number of hydroxylamine groups is 2. The van der Waals surface area contributed by atoms with Crippen LogP contribution in [0.4, 0.5) is 24.9 Å². The van der Waals surface area contributed by atoms with Crippen molar-refractivity contribution in [2.45, 2.75) is 38.8 Å². The van der Waals surface area contributed by atoms with E-state index in [0.29, 0.717) is 63.0 Å². The van der Waals surface area contributed by atoms with Gasteiger partial charge < -0.3 is 9.64 Å². The zero-order valence-corrected chi connectivity index (χ0v) is 17.7. The zero-order chi connectivity index (χ0) is 23.4. The number of hydrazine groups is 1. The molecule has 0 aromatic carbocycles. The molecule has 0 spiro atoms. The van der Waals surface area contributed by atoms with Gasteiger partial charge in [-0.3, -0.25) is 25.6 Å². The Morgan fingerprint density at radius 3 is 2.59 bits per heavy atom. The minimum atomic E-state index is -4.70. The van der Waals surface area contributed by atoms with E-state index in [1.165, 1.54) is 0 Å². The molecular formula is C19H27F3N6O4. The van der Waals surface area contributed by atoms with E-state index in [1.807, 2.05) is 6.92 Å². The largest absolute Gasteiger partial charge is 0.433 e. The number of aromatic nitrogens is 2. The summed E-state index contributed by atoms with van der Waals surface area (Å²) >= 11 is 0. The number of carbonyl (C=O) groups excluding carboxylic acids is 2. The Bertz CT molecular complexity index is 811. The Morgan fingerprint density at radius 1 is 1.34 bits per heavy atom. The van der Waals surface area contributed by atoms with Gasteiger partial charge in [-0.1, -0.05) is 6.92 Å². The molecule has 2 amide bonds. The van der Waals surface area contributed by atoms with Crippen LogP contribution in [0.15, 0.2) is 6.07 Å². The first-order valence-electron chi connectivity index (χ1n) is 10.4. The van der Waals surface area contributed by atoms with Gasteiger partial charge in [0.05, 0.1) is 25.2 Å². The Balaban J connectivity index is 1.79. The maximum absolute atomic E-state index is 13.4. The van der Waals surface area contributed by atoms with Gasteiger partial charge >= 0.3 is 6.18 Å². The van der Waals surface area contributed by atoms with Crippen LogP contribution in [-0.2, 0) is 20.5 Å². The lowest BCUT2D eigenvalue weighted by atomic mass is 9.70. The topological polar surface area (TPSA) is 120 Å². The molecular weight excluding hydrogens is 433 g/mol. The standard InChI is InChI=1S/C19H27F3N6O4/c1-13-2-4-18(5-3-13,11-28(31)12-29)16(30)25-26-17-23-14(19(20,21)22)10-15(24-17)27-6-8-32-9-7-27/h10,12-13,31H,2-9,11H2,1H3,(H,25,30)(H,23,24,26). The Morgan fingerprint density at radius 2 is 2.00 bits per heavy atom. The SMILES string of the molecule is CC1CCC(CN(O)C=O)(C(=O)NNc2nc(N3CCOCC3)cc(C(F)(F)F)n2)CC1. The highest BCUT2D eigenvalue weighted by Gasteiger charge is 2.43. The van der Waals surface area contributed by atoms with Crippen LogP contribution < -0.4 is 15.8 Å². The molecule has 3 N–H and O–H groups in total. The second kappa shape index (κ2) is 9.86. The van der Waals surface area contributed by atoms with Gasteiger partial charge in [-0.25, -0.2) is 10.0 Å². The lowest BCUT2D eigenvalue weighted by Crippen LogP contribution is -2.51. The summed E-state index contributed by atoms with van der Waals surface area (Å²) in [5.74, 6) is -0.518. The van der Waals surface area contributed by atoms with Crippen molar-refractivity contribution >= 4 is 24.1 Å². The smallest absolute Gasteiger partial charge is 0.378 e. The number of carbonyl (C=O) groups is 2. The van der Waals surface area contributed by atoms with Crippen LogP contribution >= 0.6 is 0 Å². The van der Waals surface area contributed by atoms with Crippen molar-refractivity contribution in [2.24, 2.45) is 11.3 Å². The van der Waals surface area contributed by atoms with Crippen LogP contribution in [0.3, 0.4) is 0 Å². The minimum absolute atomic E-state index is 0.0658. The van der Waals surface area contributed by atoms with Crippen molar-refractivity contribution in [1.82, 2.24) is 20.5 Å². The first-order chi connectivity index (χ1) is 15.1. The quantitative estimate of drug-likeness (QED) is 0.320. The molecule has 3 rings (SSSR count). The number of hydrogen-bond acceptors (Lipinski definition) is 8.